The summed E-state index contributed by atoms with van der Waals surface area (Å²) >= 11 is 6.20. The largest absolute Gasteiger partial charge is 0.326 e. The van der Waals surface area contributed by atoms with Gasteiger partial charge in [-0.25, -0.2) is 13.8 Å². The van der Waals surface area contributed by atoms with Crippen LogP contribution in [0.3, 0.4) is 0 Å². The molecule has 2 nitrogen and oxygen atoms in total. The average molecular weight is 313 g/mol. The zero-order chi connectivity index (χ0) is 15.2. The van der Waals surface area contributed by atoms with Gasteiger partial charge in [-0.05, 0) is 37.7 Å². The van der Waals surface area contributed by atoms with Crippen LogP contribution >= 0.6 is 11.6 Å². The van der Waals surface area contributed by atoms with Gasteiger partial charge in [0, 0.05) is 12.6 Å². The number of alkyl halides is 1. The molecule has 0 radical (unpaired) electrons. The van der Waals surface area contributed by atoms with E-state index in [1.54, 1.807) is 0 Å². The van der Waals surface area contributed by atoms with Crippen molar-refractivity contribution in [1.82, 2.24) is 9.55 Å². The Hall–Kier alpha value is -1.16. The van der Waals surface area contributed by atoms with E-state index in [0.29, 0.717) is 11.3 Å². The van der Waals surface area contributed by atoms with Gasteiger partial charge in [0.05, 0.1) is 10.9 Å². The highest BCUT2D eigenvalue weighted by Gasteiger charge is 2.42. The normalized spacial score (nSPS) is 18.1. The summed E-state index contributed by atoms with van der Waals surface area (Å²) in [4.78, 5) is 4.31. The Morgan fingerprint density at radius 3 is 2.67 bits per heavy atom. The second-order valence-corrected chi connectivity index (χ2v) is 6.83. The lowest BCUT2D eigenvalue weighted by molar-refractivity contribution is 0.387. The van der Waals surface area contributed by atoms with E-state index >= 15 is 0 Å². The van der Waals surface area contributed by atoms with Gasteiger partial charge in [-0.1, -0.05) is 13.3 Å². The fourth-order valence-electron chi connectivity index (χ4n) is 3.17. The first-order chi connectivity index (χ1) is 9.96. The van der Waals surface area contributed by atoms with Crippen LogP contribution in [0.5, 0.6) is 0 Å². The predicted octanol–water partition coefficient (Wildman–Crippen LogP) is 5.19. The molecule has 1 aliphatic carbocycles. The highest BCUT2D eigenvalue weighted by molar-refractivity contribution is 6.20. The molecule has 1 aliphatic rings. The van der Waals surface area contributed by atoms with Crippen molar-refractivity contribution in [1.29, 1.82) is 0 Å². The number of halogens is 3. The summed E-state index contributed by atoms with van der Waals surface area (Å²) in [7, 11) is 0. The molecule has 1 heterocycles. The summed E-state index contributed by atoms with van der Waals surface area (Å²) in [6, 6.07) is 2.23. The summed E-state index contributed by atoms with van der Waals surface area (Å²) < 4.78 is 29.4. The quantitative estimate of drug-likeness (QED) is 0.694. The van der Waals surface area contributed by atoms with E-state index in [1.807, 2.05) is 11.5 Å². The number of hydrogen-bond acceptors (Lipinski definition) is 1. The van der Waals surface area contributed by atoms with Gasteiger partial charge in [-0.2, -0.15) is 0 Å². The molecule has 21 heavy (non-hydrogen) atoms. The van der Waals surface area contributed by atoms with Crippen LogP contribution in [0.15, 0.2) is 12.1 Å². The first-order valence-electron chi connectivity index (χ1n) is 7.45. The minimum atomic E-state index is -0.623. The molecular formula is C16H19ClF2N2. The molecule has 1 unspecified atom stereocenters. The summed E-state index contributed by atoms with van der Waals surface area (Å²) in [5, 5.41) is -0.336. The molecule has 2 aromatic rings. The highest BCUT2D eigenvalue weighted by atomic mass is 35.5. The average Bonchev–Trinajstić information content (AvgIpc) is 3.05. The topological polar surface area (TPSA) is 17.8 Å². The molecule has 1 fully saturated rings. The second kappa shape index (κ2) is 5.24. The molecule has 0 N–H and O–H groups in total. The summed E-state index contributed by atoms with van der Waals surface area (Å²) in [5.74, 6) is -0.573. The van der Waals surface area contributed by atoms with Crippen molar-refractivity contribution in [2.45, 2.75) is 51.5 Å². The maximum Gasteiger partial charge on any atom is 0.153 e. The number of fused-ring (bicyclic) bond motifs is 1. The Morgan fingerprint density at radius 1 is 1.38 bits per heavy atom. The molecule has 0 bridgehead atoms. The molecule has 114 valence electrons. The molecule has 3 rings (SSSR count). The molecule has 1 atom stereocenters. The smallest absolute Gasteiger partial charge is 0.153 e. The van der Waals surface area contributed by atoms with Crippen LogP contribution in [0.4, 0.5) is 8.78 Å². The van der Waals surface area contributed by atoms with E-state index in [-0.39, 0.29) is 16.3 Å². The lowest BCUT2D eigenvalue weighted by Crippen LogP contribution is -2.14. The third-order valence-electron chi connectivity index (χ3n) is 4.39. The van der Waals surface area contributed by atoms with Crippen LogP contribution in [0.1, 0.15) is 50.7 Å². The molecule has 1 aromatic carbocycles. The summed E-state index contributed by atoms with van der Waals surface area (Å²) in [6.45, 7) is 4.72. The van der Waals surface area contributed by atoms with Gasteiger partial charge in [0.2, 0.25) is 0 Å². The van der Waals surface area contributed by atoms with Crippen molar-refractivity contribution in [3.8, 4) is 0 Å². The van der Waals surface area contributed by atoms with Gasteiger partial charge >= 0.3 is 0 Å². The van der Waals surface area contributed by atoms with Crippen molar-refractivity contribution >= 4 is 22.6 Å². The van der Waals surface area contributed by atoms with Crippen LogP contribution in [0.2, 0.25) is 0 Å². The zero-order valence-corrected chi connectivity index (χ0v) is 13.1. The van der Waals surface area contributed by atoms with E-state index < -0.39 is 11.6 Å². The van der Waals surface area contributed by atoms with E-state index in [2.05, 4.69) is 11.9 Å². The van der Waals surface area contributed by atoms with Crippen LogP contribution in [0, 0.1) is 17.0 Å². The number of rotatable bonds is 5. The van der Waals surface area contributed by atoms with Crippen molar-refractivity contribution in [2.24, 2.45) is 5.41 Å². The molecule has 1 aromatic heterocycles. The van der Waals surface area contributed by atoms with Crippen molar-refractivity contribution in [2.75, 3.05) is 0 Å². The number of nitrogens with zero attached hydrogens (tertiary/aromatic N) is 2. The molecule has 5 heteroatoms. The monoisotopic (exact) mass is 312 g/mol. The molecular weight excluding hydrogens is 294 g/mol. The van der Waals surface area contributed by atoms with Crippen LogP contribution in [-0.4, -0.2) is 9.55 Å². The fraction of sp³-hybridized carbons (Fsp3) is 0.562. The first kappa shape index (κ1) is 14.8. The van der Waals surface area contributed by atoms with Crippen molar-refractivity contribution in [3.63, 3.8) is 0 Å². The Labute approximate surface area is 128 Å². The molecule has 0 saturated heterocycles. The van der Waals surface area contributed by atoms with E-state index in [4.69, 9.17) is 11.6 Å². The Balaban J connectivity index is 2.12. The van der Waals surface area contributed by atoms with E-state index in [0.717, 1.165) is 38.3 Å². The van der Waals surface area contributed by atoms with Crippen molar-refractivity contribution < 1.29 is 8.78 Å². The Morgan fingerprint density at radius 2 is 2.10 bits per heavy atom. The van der Waals surface area contributed by atoms with Gasteiger partial charge in [0.25, 0.3) is 0 Å². The van der Waals surface area contributed by atoms with Crippen LogP contribution in [0.25, 0.3) is 11.0 Å². The highest BCUT2D eigenvalue weighted by Crippen LogP contribution is 2.51. The Kier molecular flexibility index (Phi) is 3.68. The first-order valence-corrected chi connectivity index (χ1v) is 7.89. The molecule has 0 spiro atoms. The molecule has 0 amide bonds. The predicted molar refractivity (Wildman–Crippen MR) is 80.5 cm³/mol. The lowest BCUT2D eigenvalue weighted by atomic mass is 10.0. The van der Waals surface area contributed by atoms with Gasteiger partial charge in [0.1, 0.15) is 17.2 Å². The molecule has 1 saturated carbocycles. The maximum absolute atomic E-state index is 13.9. The van der Waals surface area contributed by atoms with Crippen LogP contribution in [-0.2, 0) is 6.54 Å². The van der Waals surface area contributed by atoms with Crippen molar-refractivity contribution in [3.05, 3.63) is 29.6 Å². The third-order valence-corrected chi connectivity index (χ3v) is 4.58. The van der Waals surface area contributed by atoms with E-state index in [9.17, 15) is 8.78 Å². The standard InChI is InChI=1S/C16H19ClF2N2/c1-3-4-16(5-6-16)9-21-13-8-11(18)7-12(19)14(13)20-15(21)10(2)17/h7-8,10H,3-6,9H2,1-2H3. The SMILES string of the molecule is CCCC1(Cn2c(C(C)Cl)nc3c(F)cc(F)cc32)CC1. The summed E-state index contributed by atoms with van der Waals surface area (Å²) in [5.41, 5.74) is 0.981. The number of imidazole rings is 1. The number of hydrogen-bond donors (Lipinski definition) is 0. The summed E-state index contributed by atoms with van der Waals surface area (Å²) in [6.07, 6.45) is 4.56. The second-order valence-electron chi connectivity index (χ2n) is 6.18. The maximum atomic E-state index is 13.9. The fourth-order valence-corrected chi connectivity index (χ4v) is 3.33. The van der Waals surface area contributed by atoms with Gasteiger partial charge < -0.3 is 4.57 Å². The minimum absolute atomic E-state index is 0.214. The minimum Gasteiger partial charge on any atom is -0.326 e. The third kappa shape index (κ3) is 2.66. The van der Waals surface area contributed by atoms with E-state index in [1.165, 1.54) is 6.07 Å². The zero-order valence-electron chi connectivity index (χ0n) is 12.3. The van der Waals surface area contributed by atoms with Gasteiger partial charge in [-0.3, -0.25) is 0 Å². The lowest BCUT2D eigenvalue weighted by Gasteiger charge is -2.18. The van der Waals surface area contributed by atoms with Gasteiger partial charge in [0.15, 0.2) is 5.82 Å². The Bertz CT molecular complexity index is 674. The molecule has 0 aliphatic heterocycles. The van der Waals surface area contributed by atoms with Crippen LogP contribution < -0.4 is 0 Å². The number of benzene rings is 1. The number of aromatic nitrogens is 2. The van der Waals surface area contributed by atoms with Gasteiger partial charge in [-0.15, -0.1) is 11.6 Å².